The number of rotatable bonds is 2. The van der Waals surface area contributed by atoms with Crippen LogP contribution in [-0.4, -0.2) is 22.3 Å². The van der Waals surface area contributed by atoms with Crippen molar-refractivity contribution in [1.82, 2.24) is 0 Å². The second kappa shape index (κ2) is 3.29. The third-order valence-corrected chi connectivity index (χ3v) is 3.77. The maximum Gasteiger partial charge on any atom is 0.332 e. The normalized spacial score (nSPS) is 34.5. The molecule has 1 aliphatic rings. The van der Waals surface area contributed by atoms with E-state index in [9.17, 15) is 9.90 Å². The highest BCUT2D eigenvalue weighted by Crippen LogP contribution is 2.48. The molecule has 0 spiro atoms. The largest absolute Gasteiger partial charge is 0.479 e. The van der Waals surface area contributed by atoms with Gasteiger partial charge in [0.1, 0.15) is 0 Å². The molecule has 3 heteroatoms. The predicted molar refractivity (Wildman–Crippen MR) is 49.3 cm³/mol. The van der Waals surface area contributed by atoms with E-state index in [1.807, 2.05) is 13.8 Å². The first-order chi connectivity index (χ1) is 5.87. The molecule has 0 amide bonds. The molecule has 1 aliphatic carbocycles. The first-order valence-corrected chi connectivity index (χ1v) is 4.78. The van der Waals surface area contributed by atoms with E-state index < -0.39 is 12.1 Å². The van der Waals surface area contributed by atoms with Crippen molar-refractivity contribution in [1.29, 1.82) is 0 Å². The molecule has 0 aromatic carbocycles. The number of carboxylic acids is 1. The van der Waals surface area contributed by atoms with E-state index in [2.05, 4.69) is 6.92 Å². The molecule has 0 bridgehead atoms. The summed E-state index contributed by atoms with van der Waals surface area (Å²) in [6.07, 6.45) is 0.642. The average molecular weight is 186 g/mol. The summed E-state index contributed by atoms with van der Waals surface area (Å²) >= 11 is 0. The molecular formula is C10H18O3. The van der Waals surface area contributed by atoms with Crippen molar-refractivity contribution < 1.29 is 15.0 Å². The Kier molecular flexibility index (Phi) is 2.66. The van der Waals surface area contributed by atoms with E-state index in [-0.39, 0.29) is 11.3 Å². The molecule has 0 saturated heterocycles. The lowest BCUT2D eigenvalue weighted by Gasteiger charge is -2.32. The quantitative estimate of drug-likeness (QED) is 0.687. The van der Waals surface area contributed by atoms with Gasteiger partial charge < -0.3 is 10.2 Å². The van der Waals surface area contributed by atoms with Crippen molar-refractivity contribution in [3.8, 4) is 0 Å². The van der Waals surface area contributed by atoms with Gasteiger partial charge >= 0.3 is 5.97 Å². The molecule has 0 aliphatic heterocycles. The fourth-order valence-electron chi connectivity index (χ4n) is 2.28. The first kappa shape index (κ1) is 10.5. The van der Waals surface area contributed by atoms with Gasteiger partial charge in [-0.3, -0.25) is 0 Å². The second-order valence-corrected chi connectivity index (χ2v) is 4.69. The standard InChI is InChI=1S/C10H18O3/c1-6-4-5-7(10(6,2)3)8(11)9(12)13/h6-8,11H,4-5H2,1-3H3,(H,12,13). The van der Waals surface area contributed by atoms with Crippen LogP contribution in [0.5, 0.6) is 0 Å². The van der Waals surface area contributed by atoms with Gasteiger partial charge in [-0.05, 0) is 24.2 Å². The lowest BCUT2D eigenvalue weighted by Crippen LogP contribution is -2.37. The number of carbonyl (C=O) groups is 1. The predicted octanol–water partition coefficient (Wildman–Crippen LogP) is 1.50. The Labute approximate surface area is 78.8 Å². The zero-order chi connectivity index (χ0) is 10.2. The zero-order valence-corrected chi connectivity index (χ0v) is 8.45. The smallest absolute Gasteiger partial charge is 0.332 e. The molecule has 0 aromatic heterocycles. The number of aliphatic hydroxyl groups excluding tert-OH is 1. The maximum atomic E-state index is 10.6. The second-order valence-electron chi connectivity index (χ2n) is 4.69. The fourth-order valence-corrected chi connectivity index (χ4v) is 2.28. The van der Waals surface area contributed by atoms with Crippen LogP contribution >= 0.6 is 0 Å². The van der Waals surface area contributed by atoms with Crippen molar-refractivity contribution in [2.24, 2.45) is 17.3 Å². The van der Waals surface area contributed by atoms with Crippen molar-refractivity contribution in [2.45, 2.75) is 39.7 Å². The topological polar surface area (TPSA) is 57.5 Å². The third-order valence-electron chi connectivity index (χ3n) is 3.77. The fraction of sp³-hybridized carbons (Fsp3) is 0.900. The highest BCUT2D eigenvalue weighted by Gasteiger charge is 2.45. The van der Waals surface area contributed by atoms with Gasteiger partial charge in [-0.25, -0.2) is 4.79 Å². The Hall–Kier alpha value is -0.570. The summed E-state index contributed by atoms with van der Waals surface area (Å²) in [7, 11) is 0. The van der Waals surface area contributed by atoms with Crippen LogP contribution in [0.25, 0.3) is 0 Å². The summed E-state index contributed by atoms with van der Waals surface area (Å²) in [5, 5.41) is 18.2. The number of aliphatic hydroxyl groups is 1. The van der Waals surface area contributed by atoms with Gasteiger partial charge in [0.15, 0.2) is 6.10 Å². The van der Waals surface area contributed by atoms with Crippen LogP contribution in [0.4, 0.5) is 0 Å². The molecule has 3 atom stereocenters. The van der Waals surface area contributed by atoms with Gasteiger partial charge in [0, 0.05) is 5.92 Å². The van der Waals surface area contributed by atoms with Crippen LogP contribution in [-0.2, 0) is 4.79 Å². The highest BCUT2D eigenvalue weighted by molar-refractivity contribution is 5.72. The molecule has 0 radical (unpaired) electrons. The lowest BCUT2D eigenvalue weighted by molar-refractivity contribution is -0.152. The van der Waals surface area contributed by atoms with Gasteiger partial charge in [-0.1, -0.05) is 20.8 Å². The first-order valence-electron chi connectivity index (χ1n) is 4.78. The average Bonchev–Trinajstić information content (AvgIpc) is 2.26. The summed E-state index contributed by atoms with van der Waals surface area (Å²) in [6, 6.07) is 0. The van der Waals surface area contributed by atoms with Crippen molar-refractivity contribution >= 4 is 5.97 Å². The number of hydrogen-bond donors (Lipinski definition) is 2. The van der Waals surface area contributed by atoms with E-state index >= 15 is 0 Å². The Bertz CT molecular complexity index is 210. The highest BCUT2D eigenvalue weighted by atomic mass is 16.4. The molecule has 1 rings (SSSR count). The molecule has 2 N–H and O–H groups in total. The van der Waals surface area contributed by atoms with Gasteiger partial charge in [0.2, 0.25) is 0 Å². The van der Waals surface area contributed by atoms with Crippen LogP contribution in [0.15, 0.2) is 0 Å². The van der Waals surface area contributed by atoms with E-state index in [1.165, 1.54) is 0 Å². The van der Waals surface area contributed by atoms with Crippen LogP contribution in [0, 0.1) is 17.3 Å². The molecule has 1 fully saturated rings. The van der Waals surface area contributed by atoms with Gasteiger partial charge in [0.05, 0.1) is 0 Å². The van der Waals surface area contributed by atoms with Gasteiger partial charge in [0.25, 0.3) is 0 Å². The number of aliphatic carboxylic acids is 1. The Balaban J connectivity index is 2.77. The summed E-state index contributed by atoms with van der Waals surface area (Å²) in [6.45, 7) is 6.21. The maximum absolute atomic E-state index is 10.6. The minimum absolute atomic E-state index is 0.0577. The molecule has 0 aromatic rings. The molecule has 0 heterocycles. The Morgan fingerprint density at radius 2 is 2.00 bits per heavy atom. The minimum Gasteiger partial charge on any atom is -0.479 e. The van der Waals surface area contributed by atoms with E-state index in [4.69, 9.17) is 5.11 Å². The van der Waals surface area contributed by atoms with Crippen LogP contribution in [0.2, 0.25) is 0 Å². The summed E-state index contributed by atoms with van der Waals surface area (Å²) in [4.78, 5) is 10.6. The molecule has 3 nitrogen and oxygen atoms in total. The Morgan fingerprint density at radius 1 is 1.46 bits per heavy atom. The number of carboxylic acid groups (broad SMARTS) is 1. The SMILES string of the molecule is CC1CCC(C(O)C(=O)O)C1(C)C. The number of hydrogen-bond acceptors (Lipinski definition) is 2. The molecule has 1 saturated carbocycles. The zero-order valence-electron chi connectivity index (χ0n) is 8.45. The Morgan fingerprint density at radius 3 is 2.31 bits per heavy atom. The molecule has 3 unspecified atom stereocenters. The lowest BCUT2D eigenvalue weighted by atomic mass is 9.74. The van der Waals surface area contributed by atoms with Gasteiger partial charge in [-0.2, -0.15) is 0 Å². The third kappa shape index (κ3) is 1.70. The van der Waals surface area contributed by atoms with Crippen LogP contribution in [0.3, 0.4) is 0 Å². The van der Waals surface area contributed by atoms with E-state index in [1.54, 1.807) is 0 Å². The minimum atomic E-state index is -1.19. The summed E-state index contributed by atoms with van der Waals surface area (Å²) in [5.41, 5.74) is -0.0577. The van der Waals surface area contributed by atoms with Crippen molar-refractivity contribution in [3.63, 3.8) is 0 Å². The summed E-state index contributed by atoms with van der Waals surface area (Å²) < 4.78 is 0. The molecule has 76 valence electrons. The molecule has 13 heavy (non-hydrogen) atoms. The van der Waals surface area contributed by atoms with Crippen molar-refractivity contribution in [3.05, 3.63) is 0 Å². The molecular weight excluding hydrogens is 168 g/mol. The van der Waals surface area contributed by atoms with Crippen LogP contribution in [0.1, 0.15) is 33.6 Å². The van der Waals surface area contributed by atoms with Crippen LogP contribution < -0.4 is 0 Å². The van der Waals surface area contributed by atoms with E-state index in [0.717, 1.165) is 12.8 Å². The van der Waals surface area contributed by atoms with Crippen molar-refractivity contribution in [2.75, 3.05) is 0 Å². The monoisotopic (exact) mass is 186 g/mol. The van der Waals surface area contributed by atoms with Gasteiger partial charge in [-0.15, -0.1) is 0 Å². The van der Waals surface area contributed by atoms with E-state index in [0.29, 0.717) is 5.92 Å². The summed E-state index contributed by atoms with van der Waals surface area (Å²) in [5.74, 6) is -0.696.